The number of carbonyl (C=O) groups excluding carboxylic acids is 6. The molecular formula is C61H50N2O10. The highest BCUT2D eigenvalue weighted by Gasteiger charge is 2.33. The first-order chi connectivity index (χ1) is 35.3. The van der Waals surface area contributed by atoms with Crippen LogP contribution in [0.1, 0.15) is 89.9 Å². The highest BCUT2D eigenvalue weighted by Crippen LogP contribution is 2.38. The van der Waals surface area contributed by atoms with Crippen LogP contribution in [0, 0.1) is 0 Å². The summed E-state index contributed by atoms with van der Waals surface area (Å²) in [7, 11) is 0. The van der Waals surface area contributed by atoms with E-state index < -0.39 is 23.0 Å². The molecule has 364 valence electrons. The van der Waals surface area contributed by atoms with E-state index in [1.807, 2.05) is 64.1 Å². The quantitative estimate of drug-likeness (QED) is 0.0567. The molecule has 1 atom stereocenters. The predicted molar refractivity (Wildman–Crippen MR) is 277 cm³/mol. The number of hydrogen-bond acceptors (Lipinski definition) is 10. The molecule has 0 saturated heterocycles. The molecule has 9 rings (SSSR count). The SMILES string of the molecule is CCC(C)(Oc1ccc(C(=O)c2ccc(Oc3ccc(N4C(=O)C=CC4=O)cc3)cc2)cc1)c1cccc(Oc2ccc(C(=O)c3ccc(OC(CC)(CC)c4ccc(N5C(=O)C=CC5=O)cc4)cc3)cc2)c1. The van der Waals surface area contributed by atoms with Crippen molar-refractivity contribution in [1.82, 2.24) is 0 Å². The second-order valence-corrected chi connectivity index (χ2v) is 17.7. The van der Waals surface area contributed by atoms with Gasteiger partial charge in [0.25, 0.3) is 23.6 Å². The predicted octanol–water partition coefficient (Wildman–Crippen LogP) is 12.4. The Hall–Kier alpha value is -9.16. The van der Waals surface area contributed by atoms with Crippen molar-refractivity contribution >= 4 is 46.6 Å². The van der Waals surface area contributed by atoms with Crippen molar-refractivity contribution in [2.45, 2.75) is 58.2 Å². The highest BCUT2D eigenvalue weighted by molar-refractivity contribution is 6.28. The lowest BCUT2D eigenvalue weighted by Crippen LogP contribution is -2.32. The molecule has 0 saturated carbocycles. The molecule has 2 heterocycles. The van der Waals surface area contributed by atoms with Gasteiger partial charge in [-0.25, -0.2) is 9.80 Å². The van der Waals surface area contributed by atoms with Crippen LogP contribution in [0.5, 0.6) is 34.5 Å². The van der Waals surface area contributed by atoms with Crippen molar-refractivity contribution in [2.75, 3.05) is 9.80 Å². The lowest BCUT2D eigenvalue weighted by molar-refractivity contribution is -0.121. The van der Waals surface area contributed by atoms with Gasteiger partial charge in [0, 0.05) is 46.6 Å². The Morgan fingerprint density at radius 3 is 1.15 bits per heavy atom. The molecule has 7 aromatic carbocycles. The Balaban J connectivity index is 0.787. The van der Waals surface area contributed by atoms with Gasteiger partial charge < -0.3 is 18.9 Å². The Morgan fingerprint density at radius 1 is 0.397 bits per heavy atom. The van der Waals surface area contributed by atoms with Gasteiger partial charge >= 0.3 is 0 Å². The summed E-state index contributed by atoms with van der Waals surface area (Å²) in [5, 5.41) is 0. The Labute approximate surface area is 422 Å². The molecule has 12 nitrogen and oxygen atoms in total. The number of nitrogens with zero attached hydrogens (tertiary/aromatic N) is 2. The van der Waals surface area contributed by atoms with Crippen LogP contribution in [0.4, 0.5) is 11.4 Å². The normalized spacial score (nSPS) is 14.1. The van der Waals surface area contributed by atoms with Crippen molar-refractivity contribution in [3.05, 3.63) is 228 Å². The standard InChI is InChI=1S/C61H50N2O10/c1-5-60(4,72-51-29-15-42(16-30-51)58(68)40-11-25-48(26-12-40)70-50-33-23-47(24-34-50)63-56(66)37-38-57(63)67)45-9-8-10-53(39-45)71-49-27-13-41(14-28-49)59(69)43-17-31-52(32-18-43)73-61(6-2,7-3)44-19-21-46(22-20-44)62-54(64)35-36-55(62)65/h8-39H,5-7H2,1-4H3. The molecule has 0 N–H and O–H groups in total. The largest absolute Gasteiger partial charge is 0.483 e. The van der Waals surface area contributed by atoms with Crippen LogP contribution in [0.2, 0.25) is 0 Å². The first kappa shape index (κ1) is 48.8. The molecule has 2 aliphatic heterocycles. The third kappa shape index (κ3) is 10.4. The van der Waals surface area contributed by atoms with Gasteiger partial charge in [-0.1, -0.05) is 45.0 Å². The topological polar surface area (TPSA) is 146 Å². The van der Waals surface area contributed by atoms with Gasteiger partial charge in [0.2, 0.25) is 0 Å². The van der Waals surface area contributed by atoms with Crippen LogP contribution in [0.25, 0.3) is 0 Å². The number of amides is 4. The third-order valence-corrected chi connectivity index (χ3v) is 13.2. The first-order valence-corrected chi connectivity index (χ1v) is 24.0. The summed E-state index contributed by atoms with van der Waals surface area (Å²) in [5.41, 5.74) is 3.28. The van der Waals surface area contributed by atoms with E-state index in [0.717, 1.165) is 20.9 Å². The van der Waals surface area contributed by atoms with Crippen LogP contribution >= 0.6 is 0 Å². The first-order valence-electron chi connectivity index (χ1n) is 24.0. The lowest BCUT2D eigenvalue weighted by Gasteiger charge is -2.33. The Kier molecular flexibility index (Phi) is 13.8. The molecule has 0 spiro atoms. The zero-order valence-corrected chi connectivity index (χ0v) is 40.6. The fourth-order valence-corrected chi connectivity index (χ4v) is 8.76. The molecule has 2 aliphatic rings. The average Bonchev–Trinajstić information content (AvgIpc) is 3.95. The van der Waals surface area contributed by atoms with E-state index in [9.17, 15) is 28.8 Å². The second kappa shape index (κ2) is 20.7. The molecule has 0 fully saturated rings. The van der Waals surface area contributed by atoms with Gasteiger partial charge in [0.15, 0.2) is 11.6 Å². The fourth-order valence-electron chi connectivity index (χ4n) is 8.76. The molecule has 0 aliphatic carbocycles. The van der Waals surface area contributed by atoms with Gasteiger partial charge in [-0.15, -0.1) is 0 Å². The number of ketones is 2. The van der Waals surface area contributed by atoms with Crippen molar-refractivity contribution in [2.24, 2.45) is 0 Å². The lowest BCUT2D eigenvalue weighted by atomic mass is 9.88. The van der Waals surface area contributed by atoms with Crippen LogP contribution in [0.15, 0.2) is 194 Å². The summed E-state index contributed by atoms with van der Waals surface area (Å²) in [6.45, 7) is 8.12. The number of rotatable bonds is 19. The minimum absolute atomic E-state index is 0.153. The third-order valence-electron chi connectivity index (χ3n) is 13.2. The zero-order valence-electron chi connectivity index (χ0n) is 40.6. The Morgan fingerprint density at radius 2 is 0.753 bits per heavy atom. The monoisotopic (exact) mass is 970 g/mol. The molecule has 4 amide bonds. The molecular weight excluding hydrogens is 921 g/mol. The van der Waals surface area contributed by atoms with Crippen LogP contribution < -0.4 is 28.7 Å². The number of benzene rings is 7. The van der Waals surface area contributed by atoms with Gasteiger partial charge in [0.05, 0.1) is 11.4 Å². The molecule has 0 radical (unpaired) electrons. The summed E-state index contributed by atoms with van der Waals surface area (Å²) >= 11 is 0. The van der Waals surface area contributed by atoms with E-state index in [1.54, 1.807) is 133 Å². The number of hydrogen-bond donors (Lipinski definition) is 0. The Bertz CT molecular complexity index is 3250. The minimum Gasteiger partial charge on any atom is -0.483 e. The number of carbonyl (C=O) groups is 6. The number of anilines is 2. The second-order valence-electron chi connectivity index (χ2n) is 17.7. The molecule has 12 heteroatoms. The van der Waals surface area contributed by atoms with Crippen molar-refractivity contribution < 1.29 is 47.7 Å². The van der Waals surface area contributed by atoms with Crippen LogP contribution in [0.3, 0.4) is 0 Å². The summed E-state index contributed by atoms with van der Waals surface area (Å²) in [4.78, 5) is 77.7. The minimum atomic E-state index is -0.741. The maximum Gasteiger partial charge on any atom is 0.258 e. The summed E-state index contributed by atoms with van der Waals surface area (Å²) in [6, 6.07) is 49.4. The van der Waals surface area contributed by atoms with Crippen molar-refractivity contribution in [1.29, 1.82) is 0 Å². The van der Waals surface area contributed by atoms with Gasteiger partial charge in [-0.3, -0.25) is 28.8 Å². The summed E-state index contributed by atoms with van der Waals surface area (Å²) in [6.07, 6.45) is 6.93. The van der Waals surface area contributed by atoms with Crippen LogP contribution in [-0.2, 0) is 30.4 Å². The van der Waals surface area contributed by atoms with Crippen molar-refractivity contribution in [3.63, 3.8) is 0 Å². The van der Waals surface area contributed by atoms with E-state index in [4.69, 9.17) is 18.9 Å². The number of imide groups is 2. The maximum atomic E-state index is 13.6. The zero-order chi connectivity index (χ0) is 51.3. The van der Waals surface area contributed by atoms with E-state index in [1.165, 1.54) is 24.3 Å². The fraction of sp³-hybridized carbons (Fsp3) is 0.148. The van der Waals surface area contributed by atoms with Crippen LogP contribution in [-0.4, -0.2) is 35.2 Å². The molecule has 0 aromatic heterocycles. The average molecular weight is 971 g/mol. The van der Waals surface area contributed by atoms with E-state index in [0.29, 0.717) is 87.4 Å². The highest BCUT2D eigenvalue weighted by atomic mass is 16.5. The van der Waals surface area contributed by atoms with Crippen molar-refractivity contribution in [3.8, 4) is 34.5 Å². The molecule has 1 unspecified atom stereocenters. The summed E-state index contributed by atoms with van der Waals surface area (Å²) in [5.74, 6) is 1.50. The van der Waals surface area contributed by atoms with Gasteiger partial charge in [-0.05, 0) is 183 Å². The van der Waals surface area contributed by atoms with E-state index >= 15 is 0 Å². The smallest absolute Gasteiger partial charge is 0.258 e. The maximum absolute atomic E-state index is 13.6. The molecule has 7 aromatic rings. The number of ether oxygens (including phenoxy) is 4. The van der Waals surface area contributed by atoms with E-state index in [2.05, 4.69) is 0 Å². The summed E-state index contributed by atoms with van der Waals surface area (Å²) < 4.78 is 25.4. The molecule has 0 bridgehead atoms. The van der Waals surface area contributed by atoms with E-state index in [-0.39, 0.29) is 23.4 Å². The van der Waals surface area contributed by atoms with Gasteiger partial charge in [-0.2, -0.15) is 0 Å². The molecule has 73 heavy (non-hydrogen) atoms. The van der Waals surface area contributed by atoms with Gasteiger partial charge in [0.1, 0.15) is 45.7 Å².